The summed E-state index contributed by atoms with van der Waals surface area (Å²) in [6, 6.07) is 7.53. The van der Waals surface area contributed by atoms with E-state index in [1.807, 2.05) is 31.2 Å². The van der Waals surface area contributed by atoms with Gasteiger partial charge >= 0.3 is 5.97 Å². The van der Waals surface area contributed by atoms with E-state index < -0.39 is 11.5 Å². The van der Waals surface area contributed by atoms with Crippen molar-refractivity contribution in [2.24, 2.45) is 0 Å². The van der Waals surface area contributed by atoms with Gasteiger partial charge in [-0.25, -0.2) is 4.79 Å². The minimum absolute atomic E-state index is 0.190. The first-order valence-corrected chi connectivity index (χ1v) is 7.34. The van der Waals surface area contributed by atoms with E-state index >= 15 is 0 Å². The van der Waals surface area contributed by atoms with E-state index in [-0.39, 0.29) is 12.3 Å². The summed E-state index contributed by atoms with van der Waals surface area (Å²) in [6.45, 7) is 3.66. The third-order valence-electron chi connectivity index (χ3n) is 3.05. The lowest BCUT2D eigenvalue weighted by atomic mass is 9.95. The van der Waals surface area contributed by atoms with Crippen LogP contribution in [0.2, 0.25) is 0 Å². The molecule has 1 aromatic rings. The maximum absolute atomic E-state index is 12.1. The first-order chi connectivity index (χ1) is 9.41. The number of halogens is 1. The number of hydrogen-bond acceptors (Lipinski definition) is 3. The maximum Gasteiger partial charge on any atom is 0.331 e. The van der Waals surface area contributed by atoms with Gasteiger partial charge in [-0.1, -0.05) is 41.4 Å². The minimum Gasteiger partial charge on any atom is -0.467 e. The van der Waals surface area contributed by atoms with Crippen molar-refractivity contribution in [3.8, 4) is 0 Å². The molecular weight excluding hydrogens is 322 g/mol. The van der Waals surface area contributed by atoms with Crippen LogP contribution in [0.5, 0.6) is 0 Å². The van der Waals surface area contributed by atoms with E-state index in [0.29, 0.717) is 6.42 Å². The first-order valence-electron chi connectivity index (χ1n) is 6.55. The third kappa shape index (κ3) is 4.63. The monoisotopic (exact) mass is 341 g/mol. The van der Waals surface area contributed by atoms with Crippen LogP contribution in [0.25, 0.3) is 0 Å². The van der Waals surface area contributed by atoms with Crippen molar-refractivity contribution in [2.45, 2.75) is 38.6 Å². The molecule has 0 aromatic heterocycles. The Kier molecular flexibility index (Phi) is 6.20. The van der Waals surface area contributed by atoms with Crippen molar-refractivity contribution in [1.29, 1.82) is 0 Å². The van der Waals surface area contributed by atoms with Gasteiger partial charge in [-0.3, -0.25) is 4.79 Å². The van der Waals surface area contributed by atoms with Gasteiger partial charge in [0.2, 0.25) is 5.91 Å². The average Bonchev–Trinajstić information content (AvgIpc) is 2.37. The molecule has 0 aliphatic heterocycles. The summed E-state index contributed by atoms with van der Waals surface area (Å²) in [4.78, 5) is 23.9. The molecule has 1 N–H and O–H groups in total. The minimum atomic E-state index is -0.966. The predicted molar refractivity (Wildman–Crippen MR) is 81.3 cm³/mol. The molecule has 0 saturated heterocycles. The second-order valence-electron chi connectivity index (χ2n) is 4.93. The zero-order valence-electron chi connectivity index (χ0n) is 12.0. The molecule has 0 saturated carbocycles. The largest absolute Gasteiger partial charge is 0.467 e. The average molecular weight is 342 g/mol. The molecule has 0 radical (unpaired) electrons. The molecule has 1 rings (SSSR count). The molecule has 110 valence electrons. The van der Waals surface area contributed by atoms with Gasteiger partial charge in [0.1, 0.15) is 5.54 Å². The van der Waals surface area contributed by atoms with Gasteiger partial charge in [0, 0.05) is 4.47 Å². The zero-order valence-corrected chi connectivity index (χ0v) is 13.6. The molecule has 20 heavy (non-hydrogen) atoms. The van der Waals surface area contributed by atoms with Crippen LogP contribution >= 0.6 is 15.9 Å². The normalized spacial score (nSPS) is 13.4. The molecule has 1 unspecified atom stereocenters. The molecule has 4 nitrogen and oxygen atoms in total. The Bertz CT molecular complexity index is 490. The number of amides is 1. The highest BCUT2D eigenvalue weighted by molar-refractivity contribution is 9.10. The second-order valence-corrected chi connectivity index (χ2v) is 5.84. The Hall–Kier alpha value is -1.36. The maximum atomic E-state index is 12.1. The lowest BCUT2D eigenvalue weighted by molar-refractivity contribution is -0.150. The van der Waals surface area contributed by atoms with Gasteiger partial charge in [0.15, 0.2) is 0 Å². The number of methoxy groups -OCH3 is 1. The Labute approximate surface area is 128 Å². The van der Waals surface area contributed by atoms with E-state index in [1.165, 1.54) is 7.11 Å². The Morgan fingerprint density at radius 1 is 1.40 bits per heavy atom. The summed E-state index contributed by atoms with van der Waals surface area (Å²) in [5.41, 5.74) is -0.0762. The molecule has 0 spiro atoms. The smallest absolute Gasteiger partial charge is 0.331 e. The highest BCUT2D eigenvalue weighted by atomic mass is 79.9. The van der Waals surface area contributed by atoms with Crippen molar-refractivity contribution >= 4 is 27.8 Å². The number of carbonyl (C=O) groups is 2. The van der Waals surface area contributed by atoms with Crippen LogP contribution in [-0.2, 0) is 20.7 Å². The molecule has 0 fully saturated rings. The number of benzene rings is 1. The summed E-state index contributed by atoms with van der Waals surface area (Å²) in [5.74, 6) is -0.605. The van der Waals surface area contributed by atoms with Crippen LogP contribution < -0.4 is 5.32 Å². The fourth-order valence-corrected chi connectivity index (χ4v) is 2.57. The van der Waals surface area contributed by atoms with Crippen LogP contribution in [-0.4, -0.2) is 24.5 Å². The highest BCUT2D eigenvalue weighted by Crippen LogP contribution is 2.16. The fraction of sp³-hybridized carbons (Fsp3) is 0.467. The van der Waals surface area contributed by atoms with E-state index in [1.54, 1.807) is 6.92 Å². The predicted octanol–water partition coefficient (Wildman–Crippen LogP) is 2.84. The Balaban J connectivity index is 2.74. The molecule has 1 amide bonds. The molecule has 0 aliphatic rings. The van der Waals surface area contributed by atoms with Crippen LogP contribution in [0.15, 0.2) is 28.7 Å². The van der Waals surface area contributed by atoms with E-state index in [4.69, 9.17) is 4.74 Å². The Morgan fingerprint density at radius 2 is 2.10 bits per heavy atom. The number of carbonyl (C=O) groups excluding carboxylic acids is 2. The van der Waals surface area contributed by atoms with Gasteiger partial charge in [0.25, 0.3) is 0 Å². The quantitative estimate of drug-likeness (QED) is 0.809. The molecule has 0 bridgehead atoms. The van der Waals surface area contributed by atoms with Crippen LogP contribution in [0.1, 0.15) is 32.3 Å². The number of nitrogens with one attached hydrogen (secondary N) is 1. The summed E-state index contributed by atoms with van der Waals surface area (Å²) in [7, 11) is 1.33. The topological polar surface area (TPSA) is 55.4 Å². The number of esters is 1. The van der Waals surface area contributed by atoms with Crippen molar-refractivity contribution in [1.82, 2.24) is 5.32 Å². The van der Waals surface area contributed by atoms with Gasteiger partial charge < -0.3 is 10.1 Å². The van der Waals surface area contributed by atoms with Crippen molar-refractivity contribution < 1.29 is 14.3 Å². The van der Waals surface area contributed by atoms with E-state index in [9.17, 15) is 9.59 Å². The molecule has 0 heterocycles. The summed E-state index contributed by atoms with van der Waals surface area (Å²) >= 11 is 3.37. The van der Waals surface area contributed by atoms with Gasteiger partial charge in [0.05, 0.1) is 13.5 Å². The van der Waals surface area contributed by atoms with Crippen molar-refractivity contribution in [2.75, 3.05) is 7.11 Å². The fourth-order valence-electron chi connectivity index (χ4n) is 2.13. The van der Waals surface area contributed by atoms with Crippen molar-refractivity contribution in [3.63, 3.8) is 0 Å². The first kappa shape index (κ1) is 16.7. The lowest BCUT2D eigenvalue weighted by Crippen LogP contribution is -2.53. The number of rotatable bonds is 6. The summed E-state index contributed by atoms with van der Waals surface area (Å²) < 4.78 is 5.70. The lowest BCUT2D eigenvalue weighted by Gasteiger charge is -2.27. The van der Waals surface area contributed by atoms with Gasteiger partial charge in [-0.15, -0.1) is 0 Å². The van der Waals surface area contributed by atoms with Gasteiger partial charge in [-0.05, 0) is 31.0 Å². The third-order valence-corrected chi connectivity index (χ3v) is 3.55. The van der Waals surface area contributed by atoms with Crippen LogP contribution in [0, 0.1) is 0 Å². The SMILES string of the molecule is CCCC(C)(NC(=O)Cc1cccc(Br)c1)C(=O)OC. The zero-order chi connectivity index (χ0) is 15.2. The van der Waals surface area contributed by atoms with E-state index in [0.717, 1.165) is 16.5 Å². The molecule has 1 atom stereocenters. The molecule has 5 heteroatoms. The molecule has 0 aliphatic carbocycles. The number of ether oxygens (including phenoxy) is 1. The molecule has 1 aromatic carbocycles. The standard InChI is InChI=1S/C15H20BrNO3/c1-4-8-15(2,14(19)20-3)17-13(18)10-11-6-5-7-12(16)9-11/h5-7,9H,4,8,10H2,1-3H3,(H,17,18). The summed E-state index contributed by atoms with van der Waals surface area (Å²) in [5, 5.41) is 2.78. The second kappa shape index (κ2) is 7.43. The van der Waals surface area contributed by atoms with E-state index in [2.05, 4.69) is 21.2 Å². The van der Waals surface area contributed by atoms with Crippen LogP contribution in [0.4, 0.5) is 0 Å². The highest BCUT2D eigenvalue weighted by Gasteiger charge is 2.34. The van der Waals surface area contributed by atoms with Crippen molar-refractivity contribution in [3.05, 3.63) is 34.3 Å². The van der Waals surface area contributed by atoms with Gasteiger partial charge in [-0.2, -0.15) is 0 Å². The van der Waals surface area contributed by atoms with Crippen LogP contribution in [0.3, 0.4) is 0 Å². The Morgan fingerprint density at radius 3 is 2.65 bits per heavy atom. The summed E-state index contributed by atoms with van der Waals surface area (Å²) in [6.07, 6.45) is 1.56. The molecular formula is C15H20BrNO3. The number of hydrogen-bond donors (Lipinski definition) is 1.